The van der Waals surface area contributed by atoms with Gasteiger partial charge in [0.1, 0.15) is 31.1 Å². The van der Waals surface area contributed by atoms with Gasteiger partial charge in [-0.15, -0.1) is 0 Å². The molecule has 0 saturated carbocycles. The average molecular weight is 485 g/mol. The number of halogens is 1. The van der Waals surface area contributed by atoms with Crippen LogP contribution in [0.25, 0.3) is 22.2 Å². The van der Waals surface area contributed by atoms with E-state index in [1.807, 2.05) is 49.5 Å². The Morgan fingerprint density at radius 1 is 0.912 bits per heavy atom. The molecule has 0 N–H and O–H groups in total. The first kappa shape index (κ1) is 23.7. The van der Waals surface area contributed by atoms with Crippen LogP contribution in [0, 0.1) is 0 Å². The molecule has 0 atom stereocenters. The minimum Gasteiger partial charge on any atom is -0.487 e. The number of hydrogen-bond donors (Lipinski definition) is 0. The number of aromatic nitrogens is 3. The van der Waals surface area contributed by atoms with Crippen molar-refractivity contribution in [2.24, 2.45) is 0 Å². The zero-order valence-electron chi connectivity index (χ0n) is 19.2. The van der Waals surface area contributed by atoms with E-state index in [2.05, 4.69) is 15.1 Å². The lowest BCUT2D eigenvalue weighted by Gasteiger charge is -2.18. The third kappa shape index (κ3) is 5.22. The number of anilines is 2. The number of nitrogens with zero attached hydrogens (tertiary/aromatic N) is 4. The van der Waals surface area contributed by atoms with Gasteiger partial charge in [-0.3, -0.25) is 4.90 Å². The lowest BCUT2D eigenvalue weighted by Crippen LogP contribution is -2.12. The second-order valence-electron chi connectivity index (χ2n) is 7.29. The molecule has 0 fully saturated rings. The molecular weight excluding hydrogens is 460 g/mol. The van der Waals surface area contributed by atoms with Gasteiger partial charge in [0.15, 0.2) is 11.5 Å². The van der Waals surface area contributed by atoms with Crippen LogP contribution in [-0.2, 0) is 9.47 Å². The van der Waals surface area contributed by atoms with Crippen molar-refractivity contribution in [3.63, 3.8) is 0 Å². The lowest BCUT2D eigenvalue weighted by molar-refractivity contribution is 0.132. The highest BCUT2D eigenvalue weighted by Gasteiger charge is 2.19. The van der Waals surface area contributed by atoms with Crippen molar-refractivity contribution in [3.05, 3.63) is 53.8 Å². The van der Waals surface area contributed by atoms with Crippen LogP contribution in [0.5, 0.6) is 11.5 Å². The van der Waals surface area contributed by atoms with Gasteiger partial charge in [-0.1, -0.05) is 35.0 Å². The molecule has 10 heteroatoms. The Bertz CT molecular complexity index is 1250. The maximum absolute atomic E-state index is 6.31. The summed E-state index contributed by atoms with van der Waals surface area (Å²) in [6.07, 6.45) is 1.49. The van der Waals surface area contributed by atoms with E-state index in [-0.39, 0.29) is 0 Å². The summed E-state index contributed by atoms with van der Waals surface area (Å²) in [7, 11) is 5.08. The summed E-state index contributed by atoms with van der Waals surface area (Å²) in [4.78, 5) is 10.7. The highest BCUT2D eigenvalue weighted by Crippen LogP contribution is 2.37. The van der Waals surface area contributed by atoms with Gasteiger partial charge >= 0.3 is 0 Å². The molecular formula is C24H25ClN4O5. The van der Waals surface area contributed by atoms with Crippen molar-refractivity contribution in [1.82, 2.24) is 15.1 Å². The van der Waals surface area contributed by atoms with Crippen molar-refractivity contribution in [2.45, 2.75) is 0 Å². The average Bonchev–Trinajstić information content (AvgIpc) is 3.34. The molecule has 9 nitrogen and oxygen atoms in total. The van der Waals surface area contributed by atoms with E-state index in [1.54, 1.807) is 19.1 Å². The minimum absolute atomic E-state index is 0.366. The topological polar surface area (TPSA) is 92.0 Å². The van der Waals surface area contributed by atoms with Gasteiger partial charge in [-0.2, -0.15) is 0 Å². The normalized spacial score (nSPS) is 11.1. The Morgan fingerprint density at radius 2 is 1.62 bits per heavy atom. The molecule has 0 saturated heterocycles. The number of methoxy groups -OCH3 is 2. The monoisotopic (exact) mass is 484 g/mol. The predicted octanol–water partition coefficient (Wildman–Crippen LogP) is 4.76. The first-order valence-corrected chi connectivity index (χ1v) is 11.0. The van der Waals surface area contributed by atoms with Gasteiger partial charge in [0.25, 0.3) is 0 Å². The summed E-state index contributed by atoms with van der Waals surface area (Å²) in [5.74, 6) is 2.23. The van der Waals surface area contributed by atoms with Gasteiger partial charge in [0.05, 0.1) is 23.8 Å². The molecule has 0 aliphatic heterocycles. The molecule has 2 heterocycles. The zero-order chi connectivity index (χ0) is 23.9. The van der Waals surface area contributed by atoms with Crippen LogP contribution in [0.1, 0.15) is 0 Å². The molecule has 34 heavy (non-hydrogen) atoms. The molecule has 0 unspecified atom stereocenters. The number of benzene rings is 2. The summed E-state index contributed by atoms with van der Waals surface area (Å²) >= 11 is 6.31. The van der Waals surface area contributed by atoms with Crippen LogP contribution in [0.2, 0.25) is 5.02 Å². The third-order valence-corrected chi connectivity index (χ3v) is 5.40. The van der Waals surface area contributed by atoms with Crippen LogP contribution in [-0.4, -0.2) is 62.8 Å². The van der Waals surface area contributed by atoms with E-state index in [4.69, 9.17) is 35.1 Å². The van der Waals surface area contributed by atoms with Gasteiger partial charge in [-0.05, 0) is 12.1 Å². The number of ether oxygens (including phenoxy) is 4. The summed E-state index contributed by atoms with van der Waals surface area (Å²) in [5.41, 5.74) is 2.10. The summed E-state index contributed by atoms with van der Waals surface area (Å²) in [5, 5.41) is 5.53. The molecule has 2 aromatic carbocycles. The van der Waals surface area contributed by atoms with Crippen LogP contribution >= 0.6 is 11.6 Å². The van der Waals surface area contributed by atoms with Crippen molar-refractivity contribution >= 4 is 34.2 Å². The summed E-state index contributed by atoms with van der Waals surface area (Å²) in [6.45, 7) is 1.64. The summed E-state index contributed by atoms with van der Waals surface area (Å²) in [6, 6.07) is 12.9. The first-order chi connectivity index (χ1) is 16.6. The molecule has 4 aromatic rings. The van der Waals surface area contributed by atoms with Gasteiger partial charge < -0.3 is 23.5 Å². The molecule has 4 rings (SSSR count). The molecule has 0 aliphatic carbocycles. The third-order valence-electron chi connectivity index (χ3n) is 5.07. The zero-order valence-corrected chi connectivity index (χ0v) is 19.9. The highest BCUT2D eigenvalue weighted by molar-refractivity contribution is 6.33. The van der Waals surface area contributed by atoms with E-state index >= 15 is 0 Å². The van der Waals surface area contributed by atoms with Crippen molar-refractivity contribution < 1.29 is 23.5 Å². The highest BCUT2D eigenvalue weighted by atomic mass is 35.5. The second kappa shape index (κ2) is 11.1. The molecule has 2 aromatic heterocycles. The van der Waals surface area contributed by atoms with E-state index < -0.39 is 0 Å². The van der Waals surface area contributed by atoms with E-state index in [1.165, 1.54) is 6.33 Å². The lowest BCUT2D eigenvalue weighted by atomic mass is 10.1. The Labute approximate surface area is 202 Å². The second-order valence-corrected chi connectivity index (χ2v) is 7.69. The minimum atomic E-state index is 0.366. The molecule has 0 radical (unpaired) electrons. The van der Waals surface area contributed by atoms with Crippen LogP contribution in [0.3, 0.4) is 0 Å². The maximum Gasteiger partial charge on any atom is 0.233 e. The quantitative estimate of drug-likeness (QED) is 0.279. The van der Waals surface area contributed by atoms with E-state index in [9.17, 15) is 0 Å². The van der Waals surface area contributed by atoms with Crippen LogP contribution in [0.4, 0.5) is 11.7 Å². The van der Waals surface area contributed by atoms with E-state index in [0.717, 1.165) is 10.9 Å². The molecule has 0 amide bonds. The van der Waals surface area contributed by atoms with Crippen molar-refractivity contribution in [2.75, 3.05) is 52.6 Å². The first-order valence-electron chi connectivity index (χ1n) is 10.6. The van der Waals surface area contributed by atoms with Gasteiger partial charge in [0.2, 0.25) is 5.88 Å². The van der Waals surface area contributed by atoms with Crippen LogP contribution < -0.4 is 14.4 Å². The Kier molecular flexibility index (Phi) is 7.79. The standard InChI is InChI=1S/C24H25ClN4O5/c1-29(23-14-20(28-34-23)16-6-4-5-7-18(16)25)24-17-12-21(32-10-8-30-2)22(33-11-9-31-3)13-19(17)26-15-27-24/h4-7,12-15H,8-11H2,1-3H3. The Balaban J connectivity index is 1.69. The number of fused-ring (bicyclic) bond motifs is 1. The Morgan fingerprint density at radius 3 is 2.32 bits per heavy atom. The number of rotatable bonds is 11. The molecule has 0 spiro atoms. The van der Waals surface area contributed by atoms with E-state index in [0.29, 0.717) is 65.9 Å². The predicted molar refractivity (Wildman–Crippen MR) is 129 cm³/mol. The number of hydrogen-bond acceptors (Lipinski definition) is 9. The SMILES string of the molecule is COCCOc1cc2ncnc(N(C)c3cc(-c4ccccc4Cl)no3)c2cc1OCCOC. The fourth-order valence-electron chi connectivity index (χ4n) is 3.34. The van der Waals surface area contributed by atoms with Crippen molar-refractivity contribution in [3.8, 4) is 22.8 Å². The van der Waals surface area contributed by atoms with Gasteiger partial charge in [-0.25, -0.2) is 9.97 Å². The van der Waals surface area contributed by atoms with Crippen LogP contribution in [0.15, 0.2) is 53.3 Å². The Hall–Kier alpha value is -3.40. The fourth-order valence-corrected chi connectivity index (χ4v) is 3.57. The maximum atomic E-state index is 6.31. The van der Waals surface area contributed by atoms with Gasteiger partial charge in [0, 0.05) is 44.3 Å². The molecule has 0 bridgehead atoms. The fraction of sp³-hybridized carbons (Fsp3) is 0.292. The van der Waals surface area contributed by atoms with Crippen molar-refractivity contribution in [1.29, 1.82) is 0 Å². The smallest absolute Gasteiger partial charge is 0.233 e. The largest absolute Gasteiger partial charge is 0.487 e. The molecule has 0 aliphatic rings. The summed E-state index contributed by atoms with van der Waals surface area (Å²) < 4.78 is 27.6. The molecule has 178 valence electrons.